The number of carbonyl (C=O) groups excluding carboxylic acids is 4. The standard InChI is InChI=1S/C14H24N4O6/c1-3-5-10(19)16-6-11(20)17-7-13(22)18(9-14(23)24)8-12(21)15-4-2/h3-9H2,1-2H3,(H,15,21)(H,16,19)(H,17,20)(H,23,24). The van der Waals surface area contributed by atoms with Gasteiger partial charge in [0.25, 0.3) is 0 Å². The lowest BCUT2D eigenvalue weighted by Gasteiger charge is -2.20. The van der Waals surface area contributed by atoms with Crippen LogP contribution in [0, 0.1) is 0 Å². The Morgan fingerprint density at radius 3 is 2.00 bits per heavy atom. The summed E-state index contributed by atoms with van der Waals surface area (Å²) in [6, 6.07) is 0. The van der Waals surface area contributed by atoms with Gasteiger partial charge in [0.2, 0.25) is 23.6 Å². The fourth-order valence-electron chi connectivity index (χ4n) is 1.66. The molecule has 0 atom stereocenters. The molecule has 0 rings (SSSR count). The van der Waals surface area contributed by atoms with Gasteiger partial charge in [-0.05, 0) is 13.3 Å². The van der Waals surface area contributed by atoms with Crippen molar-refractivity contribution in [1.29, 1.82) is 0 Å². The average molecular weight is 344 g/mol. The Hall–Kier alpha value is -2.65. The molecule has 0 saturated heterocycles. The van der Waals surface area contributed by atoms with E-state index in [1.165, 1.54) is 0 Å². The number of carboxylic acid groups (broad SMARTS) is 1. The molecule has 0 bridgehead atoms. The largest absolute Gasteiger partial charge is 0.480 e. The molecule has 0 aliphatic heterocycles. The summed E-state index contributed by atoms with van der Waals surface area (Å²) >= 11 is 0. The van der Waals surface area contributed by atoms with Crippen LogP contribution in [0.2, 0.25) is 0 Å². The van der Waals surface area contributed by atoms with Crippen LogP contribution < -0.4 is 16.0 Å². The maximum absolute atomic E-state index is 11.9. The highest BCUT2D eigenvalue weighted by molar-refractivity contribution is 5.91. The molecule has 0 saturated carbocycles. The average Bonchev–Trinajstić information content (AvgIpc) is 2.50. The van der Waals surface area contributed by atoms with Gasteiger partial charge in [-0.2, -0.15) is 0 Å². The monoisotopic (exact) mass is 344 g/mol. The fraction of sp³-hybridized carbons (Fsp3) is 0.643. The van der Waals surface area contributed by atoms with E-state index in [-0.39, 0.29) is 12.5 Å². The topological polar surface area (TPSA) is 145 Å². The molecule has 0 radical (unpaired) electrons. The third kappa shape index (κ3) is 10.1. The molecule has 0 aromatic carbocycles. The number of carbonyl (C=O) groups is 5. The normalized spacial score (nSPS) is 9.75. The van der Waals surface area contributed by atoms with Crippen LogP contribution in [0.15, 0.2) is 0 Å². The minimum Gasteiger partial charge on any atom is -0.480 e. The fourth-order valence-corrected chi connectivity index (χ4v) is 1.66. The lowest BCUT2D eigenvalue weighted by Crippen LogP contribution is -2.48. The number of hydrogen-bond donors (Lipinski definition) is 4. The number of amides is 4. The zero-order valence-electron chi connectivity index (χ0n) is 13.9. The molecule has 4 amide bonds. The molecule has 0 heterocycles. The van der Waals surface area contributed by atoms with Crippen LogP contribution in [-0.2, 0) is 24.0 Å². The van der Waals surface area contributed by atoms with Crippen LogP contribution in [0.1, 0.15) is 26.7 Å². The van der Waals surface area contributed by atoms with Crippen molar-refractivity contribution >= 4 is 29.6 Å². The predicted molar refractivity (Wildman–Crippen MR) is 83.8 cm³/mol. The van der Waals surface area contributed by atoms with E-state index in [1.807, 2.05) is 6.92 Å². The molecule has 0 fully saturated rings. The first kappa shape index (κ1) is 21.4. The number of carboxylic acids is 1. The summed E-state index contributed by atoms with van der Waals surface area (Å²) in [7, 11) is 0. The zero-order valence-corrected chi connectivity index (χ0v) is 13.9. The lowest BCUT2D eigenvalue weighted by molar-refractivity contribution is -0.145. The van der Waals surface area contributed by atoms with Crippen molar-refractivity contribution in [2.24, 2.45) is 0 Å². The summed E-state index contributed by atoms with van der Waals surface area (Å²) in [5, 5.41) is 15.9. The molecule has 10 nitrogen and oxygen atoms in total. The number of likely N-dealkylation sites (N-methyl/N-ethyl adjacent to an activating group) is 1. The van der Waals surface area contributed by atoms with E-state index in [0.29, 0.717) is 19.4 Å². The van der Waals surface area contributed by atoms with Crippen LogP contribution >= 0.6 is 0 Å². The first-order chi connectivity index (χ1) is 11.3. The second kappa shape index (κ2) is 11.9. The van der Waals surface area contributed by atoms with E-state index in [1.54, 1.807) is 6.92 Å². The van der Waals surface area contributed by atoms with Crippen LogP contribution in [0.25, 0.3) is 0 Å². The molecule has 136 valence electrons. The van der Waals surface area contributed by atoms with Crippen molar-refractivity contribution in [3.8, 4) is 0 Å². The van der Waals surface area contributed by atoms with Crippen molar-refractivity contribution in [3.05, 3.63) is 0 Å². The maximum Gasteiger partial charge on any atom is 0.323 e. The summed E-state index contributed by atoms with van der Waals surface area (Å²) in [5.74, 6) is -3.34. The minimum absolute atomic E-state index is 0.275. The highest BCUT2D eigenvalue weighted by Gasteiger charge is 2.20. The second-order valence-electron chi connectivity index (χ2n) is 4.90. The third-order valence-electron chi connectivity index (χ3n) is 2.75. The Morgan fingerprint density at radius 1 is 0.833 bits per heavy atom. The molecule has 24 heavy (non-hydrogen) atoms. The van der Waals surface area contributed by atoms with E-state index < -0.39 is 43.3 Å². The Balaban J connectivity index is 4.39. The summed E-state index contributed by atoms with van der Waals surface area (Å²) < 4.78 is 0. The second-order valence-corrected chi connectivity index (χ2v) is 4.90. The van der Waals surface area contributed by atoms with Crippen LogP contribution in [0.4, 0.5) is 0 Å². The van der Waals surface area contributed by atoms with Crippen molar-refractivity contribution in [3.63, 3.8) is 0 Å². The van der Waals surface area contributed by atoms with Crippen molar-refractivity contribution in [1.82, 2.24) is 20.9 Å². The van der Waals surface area contributed by atoms with Crippen molar-refractivity contribution in [2.45, 2.75) is 26.7 Å². The van der Waals surface area contributed by atoms with E-state index in [9.17, 15) is 24.0 Å². The molecule has 0 aliphatic carbocycles. The van der Waals surface area contributed by atoms with Gasteiger partial charge in [0.1, 0.15) is 13.1 Å². The molecule has 10 heteroatoms. The minimum atomic E-state index is -1.27. The number of hydrogen-bond acceptors (Lipinski definition) is 5. The first-order valence-corrected chi connectivity index (χ1v) is 7.59. The Labute approximate surface area is 139 Å². The summed E-state index contributed by atoms with van der Waals surface area (Å²) in [6.45, 7) is 2.05. The Kier molecular flexibility index (Phi) is 10.5. The quantitative estimate of drug-likeness (QED) is 0.343. The Bertz CT molecular complexity index is 480. The first-order valence-electron chi connectivity index (χ1n) is 7.59. The smallest absolute Gasteiger partial charge is 0.323 e. The molecule has 0 aromatic rings. The molecule has 4 N–H and O–H groups in total. The summed E-state index contributed by atoms with van der Waals surface area (Å²) in [5.41, 5.74) is 0. The van der Waals surface area contributed by atoms with E-state index in [4.69, 9.17) is 5.11 Å². The number of nitrogens with one attached hydrogen (secondary N) is 3. The molecule has 0 spiro atoms. The lowest BCUT2D eigenvalue weighted by atomic mass is 10.3. The van der Waals surface area contributed by atoms with Gasteiger partial charge in [-0.1, -0.05) is 6.92 Å². The predicted octanol–water partition coefficient (Wildman–Crippen LogP) is -1.93. The molecule has 0 unspecified atom stereocenters. The molecular weight excluding hydrogens is 320 g/mol. The number of nitrogens with zero attached hydrogens (tertiary/aromatic N) is 1. The van der Waals surface area contributed by atoms with Crippen molar-refractivity contribution in [2.75, 3.05) is 32.7 Å². The van der Waals surface area contributed by atoms with Gasteiger partial charge < -0.3 is 26.0 Å². The van der Waals surface area contributed by atoms with Crippen LogP contribution in [0.5, 0.6) is 0 Å². The summed E-state index contributed by atoms with van der Waals surface area (Å²) in [6.07, 6.45) is 0.945. The van der Waals surface area contributed by atoms with Gasteiger partial charge in [0.15, 0.2) is 0 Å². The Morgan fingerprint density at radius 2 is 1.46 bits per heavy atom. The molecular formula is C14H24N4O6. The highest BCUT2D eigenvalue weighted by Crippen LogP contribution is 1.91. The molecule has 0 aromatic heterocycles. The van der Waals surface area contributed by atoms with Crippen LogP contribution in [-0.4, -0.2) is 72.3 Å². The zero-order chi connectivity index (χ0) is 18.5. The van der Waals surface area contributed by atoms with E-state index in [2.05, 4.69) is 16.0 Å². The summed E-state index contributed by atoms with van der Waals surface area (Å²) in [4.78, 5) is 57.8. The maximum atomic E-state index is 11.9. The van der Waals surface area contributed by atoms with E-state index >= 15 is 0 Å². The number of rotatable bonds is 11. The SMILES string of the molecule is CCCC(=O)NCC(=O)NCC(=O)N(CC(=O)O)CC(=O)NCC. The molecule has 0 aliphatic rings. The van der Waals surface area contributed by atoms with Gasteiger partial charge in [-0.15, -0.1) is 0 Å². The van der Waals surface area contributed by atoms with Crippen molar-refractivity contribution < 1.29 is 29.1 Å². The van der Waals surface area contributed by atoms with E-state index in [0.717, 1.165) is 4.90 Å². The van der Waals surface area contributed by atoms with Gasteiger partial charge in [0.05, 0.1) is 13.1 Å². The van der Waals surface area contributed by atoms with Gasteiger partial charge >= 0.3 is 5.97 Å². The highest BCUT2D eigenvalue weighted by atomic mass is 16.4. The van der Waals surface area contributed by atoms with Gasteiger partial charge in [-0.25, -0.2) is 0 Å². The number of aliphatic carboxylic acids is 1. The van der Waals surface area contributed by atoms with Crippen LogP contribution in [0.3, 0.4) is 0 Å². The third-order valence-corrected chi connectivity index (χ3v) is 2.75. The van der Waals surface area contributed by atoms with Gasteiger partial charge in [0, 0.05) is 13.0 Å². The van der Waals surface area contributed by atoms with Gasteiger partial charge in [-0.3, -0.25) is 24.0 Å².